The summed E-state index contributed by atoms with van der Waals surface area (Å²) in [6, 6.07) is 15.4. The molecule has 0 atom stereocenters. The molecule has 4 nitrogen and oxygen atoms in total. The Hall–Kier alpha value is -2.62. The van der Waals surface area contributed by atoms with Gasteiger partial charge in [0.1, 0.15) is 5.41 Å². The van der Waals surface area contributed by atoms with Crippen molar-refractivity contribution in [3.63, 3.8) is 0 Å². The molecule has 2 amide bonds. The van der Waals surface area contributed by atoms with Crippen molar-refractivity contribution in [2.45, 2.75) is 26.7 Å². The number of carbonyl (C=O) groups is 2. The van der Waals surface area contributed by atoms with E-state index in [1.54, 1.807) is 10.0 Å². The van der Waals surface area contributed by atoms with E-state index in [1.165, 1.54) is 0 Å². The van der Waals surface area contributed by atoms with Crippen molar-refractivity contribution in [1.82, 2.24) is 0 Å². The van der Waals surface area contributed by atoms with E-state index < -0.39 is 5.41 Å². The first-order chi connectivity index (χ1) is 11.0. The second-order valence-electron chi connectivity index (χ2n) is 6.49. The van der Waals surface area contributed by atoms with E-state index in [0.29, 0.717) is 12.8 Å². The van der Waals surface area contributed by atoms with Crippen LogP contribution in [0.3, 0.4) is 0 Å². The van der Waals surface area contributed by atoms with Crippen LogP contribution in [-0.2, 0) is 9.59 Å². The van der Waals surface area contributed by atoms with Crippen LogP contribution in [0.1, 0.15) is 24.0 Å². The number of hydrogen-bond donors (Lipinski definition) is 0. The fourth-order valence-electron chi connectivity index (χ4n) is 3.22. The van der Waals surface area contributed by atoms with Gasteiger partial charge in [0.05, 0.1) is 11.4 Å². The largest absolute Gasteiger partial charge is 0.271 e. The number of aryl methyl sites for hydroxylation is 2. The number of benzene rings is 2. The highest BCUT2D eigenvalue weighted by molar-refractivity contribution is 6.27. The number of amides is 2. The van der Waals surface area contributed by atoms with Gasteiger partial charge in [0, 0.05) is 0 Å². The van der Waals surface area contributed by atoms with Crippen LogP contribution in [0, 0.1) is 19.3 Å². The summed E-state index contributed by atoms with van der Waals surface area (Å²) in [6.07, 6.45) is 1.30. The quantitative estimate of drug-likeness (QED) is 0.798. The Kier molecular flexibility index (Phi) is 2.85. The summed E-state index contributed by atoms with van der Waals surface area (Å²) in [7, 11) is 0. The molecule has 0 N–H and O–H groups in total. The van der Waals surface area contributed by atoms with Crippen molar-refractivity contribution in [3.05, 3.63) is 59.7 Å². The minimum Gasteiger partial charge on any atom is -0.271 e. The minimum atomic E-state index is -0.826. The van der Waals surface area contributed by atoms with E-state index in [-0.39, 0.29) is 11.8 Å². The second kappa shape index (κ2) is 4.69. The van der Waals surface area contributed by atoms with Crippen molar-refractivity contribution in [2.75, 3.05) is 10.0 Å². The zero-order valence-corrected chi connectivity index (χ0v) is 13.2. The lowest BCUT2D eigenvalue weighted by atomic mass is 10.1. The maximum absolute atomic E-state index is 12.9. The van der Waals surface area contributed by atoms with E-state index in [9.17, 15) is 9.59 Å². The normalized spacial score (nSPS) is 18.9. The van der Waals surface area contributed by atoms with Gasteiger partial charge in [0.15, 0.2) is 0 Å². The molecule has 23 heavy (non-hydrogen) atoms. The third-order valence-corrected chi connectivity index (χ3v) is 4.65. The standard InChI is InChI=1S/C19H18N2O2/c1-13-5-3-7-15(11-13)20-17(22)19(9-10-19)18(23)21(20)16-8-4-6-14(2)12-16/h3-8,11-12H,9-10H2,1-2H3. The molecule has 0 aromatic heterocycles. The second-order valence-corrected chi connectivity index (χ2v) is 6.49. The van der Waals surface area contributed by atoms with Gasteiger partial charge in [0.2, 0.25) is 0 Å². The molecule has 2 aromatic carbocycles. The Morgan fingerprint density at radius 1 is 0.783 bits per heavy atom. The number of rotatable bonds is 2. The molecule has 116 valence electrons. The average molecular weight is 306 g/mol. The molecule has 1 saturated carbocycles. The van der Waals surface area contributed by atoms with E-state index in [2.05, 4.69) is 0 Å². The van der Waals surface area contributed by atoms with Gasteiger partial charge in [-0.05, 0) is 62.1 Å². The lowest BCUT2D eigenvalue weighted by Gasteiger charge is -2.28. The van der Waals surface area contributed by atoms with E-state index in [1.807, 2.05) is 62.4 Å². The van der Waals surface area contributed by atoms with Crippen LogP contribution in [-0.4, -0.2) is 11.8 Å². The highest BCUT2D eigenvalue weighted by Crippen LogP contribution is 2.54. The van der Waals surface area contributed by atoms with Crippen LogP contribution >= 0.6 is 0 Å². The number of hydrogen-bond acceptors (Lipinski definition) is 2. The molecule has 4 rings (SSSR count). The summed E-state index contributed by atoms with van der Waals surface area (Å²) in [5, 5.41) is 3.11. The molecule has 1 heterocycles. The van der Waals surface area contributed by atoms with Crippen LogP contribution in [0.2, 0.25) is 0 Å². The van der Waals surface area contributed by atoms with Crippen LogP contribution in [0.4, 0.5) is 11.4 Å². The average Bonchev–Trinajstić information content (AvgIpc) is 3.29. The van der Waals surface area contributed by atoms with Gasteiger partial charge >= 0.3 is 0 Å². The van der Waals surface area contributed by atoms with E-state index in [0.717, 1.165) is 22.5 Å². The fraction of sp³-hybridized carbons (Fsp3) is 0.263. The Morgan fingerprint density at radius 3 is 1.57 bits per heavy atom. The maximum Gasteiger partial charge on any atom is 0.261 e. The van der Waals surface area contributed by atoms with Gasteiger partial charge in [-0.3, -0.25) is 9.59 Å². The Balaban J connectivity index is 1.87. The first kappa shape index (κ1) is 14.0. The summed E-state index contributed by atoms with van der Waals surface area (Å²) >= 11 is 0. The monoisotopic (exact) mass is 306 g/mol. The number of nitrogens with zero attached hydrogens (tertiary/aromatic N) is 2. The number of hydrazine groups is 1. The minimum absolute atomic E-state index is 0.102. The van der Waals surface area contributed by atoms with Crippen LogP contribution in [0.5, 0.6) is 0 Å². The molecule has 2 fully saturated rings. The number of carbonyl (C=O) groups excluding carboxylic acids is 2. The van der Waals surface area contributed by atoms with Crippen molar-refractivity contribution in [1.29, 1.82) is 0 Å². The molecule has 0 unspecified atom stereocenters. The lowest BCUT2D eigenvalue weighted by molar-refractivity contribution is -0.128. The van der Waals surface area contributed by atoms with Crippen molar-refractivity contribution >= 4 is 23.2 Å². The molecule has 0 bridgehead atoms. The summed E-state index contributed by atoms with van der Waals surface area (Å²) in [6.45, 7) is 3.96. The van der Waals surface area contributed by atoms with Crippen LogP contribution in [0.15, 0.2) is 48.5 Å². The zero-order valence-electron chi connectivity index (χ0n) is 13.2. The molecular formula is C19H18N2O2. The van der Waals surface area contributed by atoms with E-state index in [4.69, 9.17) is 0 Å². The molecular weight excluding hydrogens is 288 g/mol. The van der Waals surface area contributed by atoms with Crippen LogP contribution < -0.4 is 10.0 Å². The highest BCUT2D eigenvalue weighted by Gasteiger charge is 2.66. The van der Waals surface area contributed by atoms with Gasteiger partial charge in [0.25, 0.3) is 11.8 Å². The first-order valence-electron chi connectivity index (χ1n) is 7.85. The summed E-state index contributed by atoms with van der Waals surface area (Å²) in [5.74, 6) is -0.204. The third kappa shape index (κ3) is 1.98. The summed E-state index contributed by atoms with van der Waals surface area (Å²) in [4.78, 5) is 25.9. The molecule has 0 radical (unpaired) electrons. The third-order valence-electron chi connectivity index (χ3n) is 4.65. The van der Waals surface area contributed by atoms with Gasteiger partial charge in [-0.2, -0.15) is 0 Å². The zero-order chi connectivity index (χ0) is 16.2. The van der Waals surface area contributed by atoms with Crippen LogP contribution in [0.25, 0.3) is 0 Å². The summed E-state index contributed by atoms with van der Waals surface area (Å²) < 4.78 is 0. The first-order valence-corrected chi connectivity index (χ1v) is 7.85. The molecule has 1 aliphatic heterocycles. The highest BCUT2D eigenvalue weighted by atomic mass is 16.2. The molecule has 1 aliphatic carbocycles. The van der Waals surface area contributed by atoms with Crippen molar-refractivity contribution in [2.24, 2.45) is 5.41 Å². The van der Waals surface area contributed by atoms with E-state index >= 15 is 0 Å². The Labute approximate surface area is 135 Å². The fourth-order valence-corrected chi connectivity index (χ4v) is 3.22. The summed E-state index contributed by atoms with van der Waals surface area (Å²) in [5.41, 5.74) is 2.78. The predicted octanol–water partition coefficient (Wildman–Crippen LogP) is 3.38. The Morgan fingerprint density at radius 2 is 1.22 bits per heavy atom. The maximum atomic E-state index is 12.9. The molecule has 2 aromatic rings. The van der Waals surface area contributed by atoms with Gasteiger partial charge in [-0.15, -0.1) is 0 Å². The SMILES string of the molecule is Cc1cccc(N2C(=O)C3(CC3)C(=O)N2c2cccc(C)c2)c1. The smallest absolute Gasteiger partial charge is 0.261 e. The van der Waals surface area contributed by atoms with Gasteiger partial charge in [-0.1, -0.05) is 24.3 Å². The predicted molar refractivity (Wildman–Crippen MR) is 89.0 cm³/mol. The lowest BCUT2D eigenvalue weighted by Crippen LogP contribution is -2.41. The molecule has 4 heteroatoms. The Bertz CT molecular complexity index is 758. The number of anilines is 2. The van der Waals surface area contributed by atoms with Crippen molar-refractivity contribution in [3.8, 4) is 0 Å². The molecule has 1 spiro atoms. The van der Waals surface area contributed by atoms with Gasteiger partial charge < -0.3 is 0 Å². The molecule has 1 saturated heterocycles. The topological polar surface area (TPSA) is 40.6 Å². The van der Waals surface area contributed by atoms with Crippen molar-refractivity contribution < 1.29 is 9.59 Å². The van der Waals surface area contributed by atoms with Gasteiger partial charge in [-0.25, -0.2) is 10.0 Å². The molecule has 2 aliphatic rings.